The molecule has 1 fully saturated rings. The maximum atomic E-state index is 13.6. The molecule has 0 aliphatic carbocycles. The van der Waals surface area contributed by atoms with Crippen molar-refractivity contribution in [2.24, 2.45) is 0 Å². The second-order valence-electron chi connectivity index (χ2n) is 6.85. The standard InChI is InChI=1S/C18H26NO6PS/c1-6-22-26(21,23-7-2)15-14(13-11-9-8-10-12-13)24-17(27)19(15)16(20)25-18(3,4)5/h8-12,14-15H,6-7H2,1-5H3/t14-,15+/m0/s1. The third kappa shape index (κ3) is 5.08. The molecule has 0 aromatic heterocycles. The van der Waals surface area contributed by atoms with E-state index in [1.807, 2.05) is 18.2 Å². The van der Waals surface area contributed by atoms with Crippen molar-refractivity contribution >= 4 is 31.1 Å². The van der Waals surface area contributed by atoms with E-state index in [9.17, 15) is 9.36 Å². The first kappa shape index (κ1) is 21.8. The zero-order valence-electron chi connectivity index (χ0n) is 16.2. The molecule has 27 heavy (non-hydrogen) atoms. The molecule has 0 bridgehead atoms. The monoisotopic (exact) mass is 415 g/mol. The summed E-state index contributed by atoms with van der Waals surface area (Å²) >= 11 is 5.27. The van der Waals surface area contributed by atoms with Crippen LogP contribution < -0.4 is 0 Å². The maximum Gasteiger partial charge on any atom is 0.418 e. The molecule has 7 nitrogen and oxygen atoms in total. The number of benzene rings is 1. The predicted octanol–water partition coefficient (Wildman–Crippen LogP) is 4.87. The van der Waals surface area contributed by atoms with Crippen LogP contribution in [-0.2, 0) is 23.1 Å². The van der Waals surface area contributed by atoms with Gasteiger partial charge in [0.15, 0.2) is 11.9 Å². The third-order valence-electron chi connectivity index (χ3n) is 3.62. The van der Waals surface area contributed by atoms with E-state index in [4.69, 9.17) is 30.7 Å². The van der Waals surface area contributed by atoms with Gasteiger partial charge in [0.2, 0.25) is 0 Å². The van der Waals surface area contributed by atoms with Crippen molar-refractivity contribution < 1.29 is 27.9 Å². The number of hydrogen-bond donors (Lipinski definition) is 0. The fourth-order valence-electron chi connectivity index (χ4n) is 2.70. The summed E-state index contributed by atoms with van der Waals surface area (Å²) in [6, 6.07) is 9.10. The van der Waals surface area contributed by atoms with Crippen LogP contribution in [0.15, 0.2) is 30.3 Å². The number of nitrogens with zero attached hydrogens (tertiary/aromatic N) is 1. The number of rotatable bonds is 6. The lowest BCUT2D eigenvalue weighted by molar-refractivity contribution is 0.0340. The molecule has 1 saturated heterocycles. The van der Waals surface area contributed by atoms with E-state index in [-0.39, 0.29) is 18.4 Å². The average molecular weight is 415 g/mol. The molecule has 1 amide bonds. The Morgan fingerprint density at radius 3 is 2.22 bits per heavy atom. The van der Waals surface area contributed by atoms with Crippen LogP contribution in [0.1, 0.15) is 46.3 Å². The summed E-state index contributed by atoms with van der Waals surface area (Å²) in [6.07, 6.45) is -1.55. The van der Waals surface area contributed by atoms with Crippen molar-refractivity contribution in [2.45, 2.75) is 52.1 Å². The second-order valence-corrected chi connectivity index (χ2v) is 9.33. The Kier molecular flexibility index (Phi) is 7.03. The topological polar surface area (TPSA) is 74.3 Å². The highest BCUT2D eigenvalue weighted by Gasteiger charge is 2.56. The van der Waals surface area contributed by atoms with Gasteiger partial charge >= 0.3 is 13.7 Å². The first-order valence-corrected chi connectivity index (χ1v) is 10.8. The largest absolute Gasteiger partial charge is 0.459 e. The number of amides is 1. The molecule has 1 heterocycles. The lowest BCUT2D eigenvalue weighted by atomic mass is 10.1. The van der Waals surface area contributed by atoms with Crippen LogP contribution in [0.3, 0.4) is 0 Å². The van der Waals surface area contributed by atoms with Gasteiger partial charge in [-0.1, -0.05) is 30.3 Å². The van der Waals surface area contributed by atoms with Gasteiger partial charge in [-0.2, -0.15) is 0 Å². The average Bonchev–Trinajstić information content (AvgIpc) is 2.93. The minimum Gasteiger partial charge on any atom is -0.459 e. The van der Waals surface area contributed by atoms with Gasteiger partial charge in [0, 0.05) is 0 Å². The summed E-state index contributed by atoms with van der Waals surface area (Å²) < 4.78 is 35.8. The van der Waals surface area contributed by atoms with E-state index in [2.05, 4.69) is 0 Å². The first-order valence-electron chi connectivity index (χ1n) is 8.79. The molecule has 0 spiro atoms. The van der Waals surface area contributed by atoms with Crippen molar-refractivity contribution in [1.82, 2.24) is 4.90 Å². The summed E-state index contributed by atoms with van der Waals surface area (Å²) in [4.78, 5) is 13.9. The normalized spacial score (nSPS) is 20.5. The molecule has 2 rings (SSSR count). The summed E-state index contributed by atoms with van der Waals surface area (Å²) in [5.41, 5.74) is -0.0564. The Labute approximate surface area is 165 Å². The molecule has 0 saturated carbocycles. The van der Waals surface area contributed by atoms with E-state index < -0.39 is 31.2 Å². The highest BCUT2D eigenvalue weighted by molar-refractivity contribution is 7.80. The molecule has 1 aromatic carbocycles. The number of hydrogen-bond acceptors (Lipinski definition) is 7. The van der Waals surface area contributed by atoms with Crippen molar-refractivity contribution in [3.05, 3.63) is 35.9 Å². The quantitative estimate of drug-likeness (QED) is 0.485. The molecule has 0 N–H and O–H groups in total. The summed E-state index contributed by atoms with van der Waals surface area (Å²) in [6.45, 7) is 8.90. The van der Waals surface area contributed by atoms with Crippen LogP contribution in [0.25, 0.3) is 0 Å². The highest BCUT2D eigenvalue weighted by Crippen LogP contribution is 2.61. The number of carbonyl (C=O) groups is 1. The van der Waals surface area contributed by atoms with Crippen molar-refractivity contribution in [1.29, 1.82) is 0 Å². The number of ether oxygens (including phenoxy) is 2. The van der Waals surface area contributed by atoms with E-state index in [1.54, 1.807) is 46.8 Å². The lowest BCUT2D eigenvalue weighted by Crippen LogP contribution is -2.43. The van der Waals surface area contributed by atoms with Gasteiger partial charge in [-0.15, -0.1) is 0 Å². The minimum absolute atomic E-state index is 0.122. The Bertz CT molecular complexity index is 710. The van der Waals surface area contributed by atoms with E-state index >= 15 is 0 Å². The van der Waals surface area contributed by atoms with Gasteiger partial charge < -0.3 is 18.5 Å². The van der Waals surface area contributed by atoms with Crippen LogP contribution in [0.4, 0.5) is 4.79 Å². The lowest BCUT2D eigenvalue weighted by Gasteiger charge is -2.31. The van der Waals surface area contributed by atoms with Crippen LogP contribution in [-0.4, -0.2) is 40.8 Å². The van der Waals surface area contributed by atoms with Crippen LogP contribution >= 0.6 is 19.8 Å². The van der Waals surface area contributed by atoms with Gasteiger partial charge in [-0.25, -0.2) is 9.69 Å². The van der Waals surface area contributed by atoms with Gasteiger partial charge in [-0.3, -0.25) is 4.57 Å². The first-order chi connectivity index (χ1) is 12.6. The van der Waals surface area contributed by atoms with Crippen molar-refractivity contribution in [3.8, 4) is 0 Å². The number of carbonyl (C=O) groups excluding carboxylic acids is 1. The maximum absolute atomic E-state index is 13.6. The van der Waals surface area contributed by atoms with Crippen molar-refractivity contribution in [2.75, 3.05) is 13.2 Å². The van der Waals surface area contributed by atoms with E-state index in [1.165, 1.54) is 0 Å². The molecular formula is C18H26NO6PS. The molecule has 1 aliphatic rings. The summed E-state index contributed by atoms with van der Waals surface area (Å²) in [7, 11) is -3.79. The van der Waals surface area contributed by atoms with Crippen LogP contribution in [0.2, 0.25) is 0 Å². The molecule has 2 atom stereocenters. The smallest absolute Gasteiger partial charge is 0.418 e. The SMILES string of the molecule is CCOP(=O)(OCC)[C@@H]1[C@H](c2ccccc2)OC(=S)N1C(=O)OC(C)(C)C. The zero-order valence-corrected chi connectivity index (χ0v) is 17.9. The Morgan fingerprint density at radius 2 is 1.74 bits per heavy atom. The van der Waals surface area contributed by atoms with Gasteiger partial charge in [0.25, 0.3) is 5.17 Å². The predicted molar refractivity (Wildman–Crippen MR) is 106 cm³/mol. The van der Waals surface area contributed by atoms with Crippen molar-refractivity contribution in [3.63, 3.8) is 0 Å². The zero-order chi connectivity index (χ0) is 20.2. The van der Waals surface area contributed by atoms with Gasteiger partial charge in [0.1, 0.15) is 5.60 Å². The Hall–Kier alpha value is -1.47. The molecule has 150 valence electrons. The number of thiocarbonyl (C=S) groups is 1. The van der Waals surface area contributed by atoms with Gasteiger partial charge in [-0.05, 0) is 52.4 Å². The molecule has 0 unspecified atom stereocenters. The van der Waals surface area contributed by atoms with Gasteiger partial charge in [0.05, 0.1) is 13.2 Å². The molecule has 1 aromatic rings. The Morgan fingerprint density at radius 1 is 1.19 bits per heavy atom. The molecular weight excluding hydrogens is 389 g/mol. The molecule has 9 heteroatoms. The minimum atomic E-state index is -3.79. The van der Waals surface area contributed by atoms with E-state index in [0.717, 1.165) is 4.90 Å². The highest BCUT2D eigenvalue weighted by atomic mass is 32.1. The van der Waals surface area contributed by atoms with Crippen LogP contribution in [0, 0.1) is 0 Å². The molecule has 0 radical (unpaired) electrons. The second kappa shape index (κ2) is 8.69. The third-order valence-corrected chi connectivity index (χ3v) is 6.30. The fraction of sp³-hybridized carbons (Fsp3) is 0.556. The summed E-state index contributed by atoms with van der Waals surface area (Å²) in [5, 5.41) is -0.122. The fourth-order valence-corrected chi connectivity index (χ4v) is 5.22. The van der Waals surface area contributed by atoms with E-state index in [0.29, 0.717) is 5.56 Å². The molecule has 1 aliphatic heterocycles. The van der Waals surface area contributed by atoms with Crippen LogP contribution in [0.5, 0.6) is 0 Å². The Balaban J connectivity index is 2.52. The summed E-state index contributed by atoms with van der Waals surface area (Å²) in [5.74, 6) is -1.08.